The Balaban J connectivity index is 1.57. The largest absolute Gasteiger partial charge is 0.384 e. The molecule has 0 unspecified atom stereocenters. The van der Waals surface area contributed by atoms with Gasteiger partial charge in [-0.05, 0) is 31.9 Å². The van der Waals surface area contributed by atoms with Gasteiger partial charge in [-0.25, -0.2) is 0 Å². The van der Waals surface area contributed by atoms with E-state index in [4.69, 9.17) is 9.26 Å². The van der Waals surface area contributed by atoms with Crippen LogP contribution in [0.25, 0.3) is 0 Å². The minimum atomic E-state index is 0.480. The van der Waals surface area contributed by atoms with Gasteiger partial charge >= 0.3 is 0 Å². The maximum Gasteiger partial charge on any atom is 0.240 e. The monoisotopic (exact) mass is 305 g/mol. The molecule has 0 N–H and O–H groups in total. The van der Waals surface area contributed by atoms with E-state index in [-0.39, 0.29) is 0 Å². The molecular weight excluding hydrogens is 282 g/mol. The van der Waals surface area contributed by atoms with Gasteiger partial charge in [0.1, 0.15) is 0 Å². The fraction of sp³-hybridized carbons (Fsp3) is 0.667. The molecule has 0 bridgehead atoms. The minimum Gasteiger partial charge on any atom is -0.384 e. The predicted molar refractivity (Wildman–Crippen MR) is 80.3 cm³/mol. The van der Waals surface area contributed by atoms with Gasteiger partial charge in [0.25, 0.3) is 0 Å². The molecule has 1 saturated heterocycles. The number of ether oxygens (including phenoxy) is 1. The highest BCUT2D eigenvalue weighted by Gasteiger charge is 2.26. The van der Waals surface area contributed by atoms with E-state index in [2.05, 4.69) is 33.3 Å². The van der Waals surface area contributed by atoms with Gasteiger partial charge in [0.05, 0.1) is 25.9 Å². The molecule has 0 aliphatic carbocycles. The Bertz CT molecular complexity index is 594. The molecule has 0 aromatic carbocycles. The van der Waals surface area contributed by atoms with Crippen molar-refractivity contribution < 1.29 is 9.26 Å². The van der Waals surface area contributed by atoms with E-state index in [1.165, 1.54) is 18.4 Å². The number of aromatic nitrogens is 4. The van der Waals surface area contributed by atoms with E-state index >= 15 is 0 Å². The van der Waals surface area contributed by atoms with Gasteiger partial charge < -0.3 is 9.26 Å². The molecule has 2 aromatic heterocycles. The van der Waals surface area contributed by atoms with E-state index < -0.39 is 0 Å². The maximum absolute atomic E-state index is 5.35. The first-order valence-electron chi connectivity index (χ1n) is 7.78. The fourth-order valence-corrected chi connectivity index (χ4v) is 2.92. The summed E-state index contributed by atoms with van der Waals surface area (Å²) in [5.41, 5.74) is 1.20. The van der Waals surface area contributed by atoms with Gasteiger partial charge in [0.15, 0.2) is 5.82 Å². The van der Waals surface area contributed by atoms with E-state index in [1.807, 2.05) is 10.9 Å². The lowest BCUT2D eigenvalue weighted by Gasteiger charge is -2.22. The molecule has 7 heteroatoms. The van der Waals surface area contributed by atoms with Crippen LogP contribution in [0.5, 0.6) is 0 Å². The van der Waals surface area contributed by atoms with Crippen molar-refractivity contribution in [2.24, 2.45) is 0 Å². The Morgan fingerprint density at radius 1 is 1.45 bits per heavy atom. The highest BCUT2D eigenvalue weighted by molar-refractivity contribution is 5.00. The van der Waals surface area contributed by atoms with Crippen molar-refractivity contribution in [3.63, 3.8) is 0 Å². The van der Waals surface area contributed by atoms with Gasteiger partial charge in [-0.15, -0.1) is 0 Å². The van der Waals surface area contributed by atoms with Crippen molar-refractivity contribution >= 4 is 0 Å². The number of likely N-dealkylation sites (tertiary alicyclic amines) is 1. The van der Waals surface area contributed by atoms with E-state index in [0.29, 0.717) is 31.5 Å². The first-order valence-corrected chi connectivity index (χ1v) is 7.78. The second kappa shape index (κ2) is 7.02. The predicted octanol–water partition coefficient (Wildman–Crippen LogP) is 1.43. The molecule has 1 aliphatic rings. The van der Waals surface area contributed by atoms with Gasteiger partial charge in [0, 0.05) is 25.8 Å². The second-order valence-electron chi connectivity index (χ2n) is 5.85. The van der Waals surface area contributed by atoms with Gasteiger partial charge in [-0.3, -0.25) is 9.58 Å². The van der Waals surface area contributed by atoms with Gasteiger partial charge in [0.2, 0.25) is 5.89 Å². The van der Waals surface area contributed by atoms with Crippen LogP contribution in [0.4, 0.5) is 0 Å². The second-order valence-corrected chi connectivity index (χ2v) is 5.85. The molecule has 2 aromatic rings. The molecule has 1 atom stereocenters. The van der Waals surface area contributed by atoms with Crippen LogP contribution >= 0.6 is 0 Å². The topological polar surface area (TPSA) is 69.2 Å². The third-order valence-electron chi connectivity index (χ3n) is 4.04. The molecule has 0 saturated carbocycles. The van der Waals surface area contributed by atoms with Crippen molar-refractivity contribution in [1.82, 2.24) is 24.8 Å². The molecule has 22 heavy (non-hydrogen) atoms. The van der Waals surface area contributed by atoms with Crippen molar-refractivity contribution in [3.05, 3.63) is 29.7 Å². The summed E-state index contributed by atoms with van der Waals surface area (Å²) in [5.74, 6) is 1.41. The SMILES string of the molecule is COCCc1noc(CN2CCC[C@H]2Cn2cc(C)cn2)n1. The third-order valence-corrected chi connectivity index (χ3v) is 4.04. The zero-order chi connectivity index (χ0) is 15.4. The highest BCUT2D eigenvalue weighted by Crippen LogP contribution is 2.21. The zero-order valence-electron chi connectivity index (χ0n) is 13.2. The lowest BCUT2D eigenvalue weighted by atomic mass is 10.2. The number of methoxy groups -OCH3 is 1. The summed E-state index contributed by atoms with van der Waals surface area (Å²) >= 11 is 0. The molecular formula is C15H23N5O2. The summed E-state index contributed by atoms with van der Waals surface area (Å²) in [4.78, 5) is 6.84. The van der Waals surface area contributed by atoms with Crippen molar-refractivity contribution in [2.75, 3.05) is 20.3 Å². The van der Waals surface area contributed by atoms with Crippen LogP contribution in [0.1, 0.15) is 30.1 Å². The highest BCUT2D eigenvalue weighted by atomic mass is 16.5. The average Bonchev–Trinajstić information content (AvgIpc) is 3.21. The quantitative estimate of drug-likeness (QED) is 0.771. The number of nitrogens with zero attached hydrogens (tertiary/aromatic N) is 5. The molecule has 7 nitrogen and oxygen atoms in total. The van der Waals surface area contributed by atoms with Crippen molar-refractivity contribution in [3.8, 4) is 0 Å². The zero-order valence-corrected chi connectivity index (χ0v) is 13.2. The third kappa shape index (κ3) is 3.72. The Morgan fingerprint density at radius 2 is 2.36 bits per heavy atom. The molecule has 1 fully saturated rings. The summed E-state index contributed by atoms with van der Waals surface area (Å²) in [5, 5.41) is 8.38. The summed E-state index contributed by atoms with van der Waals surface area (Å²) in [7, 11) is 1.67. The van der Waals surface area contributed by atoms with Crippen molar-refractivity contribution in [1.29, 1.82) is 0 Å². The normalized spacial score (nSPS) is 19.1. The first kappa shape index (κ1) is 15.2. The number of hydrogen-bond donors (Lipinski definition) is 0. The van der Waals surface area contributed by atoms with Crippen LogP contribution in [0.15, 0.2) is 16.9 Å². The summed E-state index contributed by atoms with van der Waals surface area (Å²) in [6, 6.07) is 0.480. The lowest BCUT2D eigenvalue weighted by molar-refractivity contribution is 0.191. The van der Waals surface area contributed by atoms with E-state index in [1.54, 1.807) is 7.11 Å². The smallest absolute Gasteiger partial charge is 0.240 e. The van der Waals surface area contributed by atoms with Crippen LogP contribution in [-0.4, -0.2) is 51.1 Å². The number of aryl methyl sites for hydroxylation is 1. The van der Waals surface area contributed by atoms with E-state index in [9.17, 15) is 0 Å². The summed E-state index contributed by atoms with van der Waals surface area (Å²) in [6.45, 7) is 5.38. The Morgan fingerprint density at radius 3 is 3.14 bits per heavy atom. The van der Waals surface area contributed by atoms with Crippen LogP contribution in [0.3, 0.4) is 0 Å². The first-order chi connectivity index (χ1) is 10.7. The molecule has 3 rings (SSSR count). The van der Waals surface area contributed by atoms with Gasteiger partial charge in [-0.2, -0.15) is 10.1 Å². The Kier molecular flexibility index (Phi) is 4.84. The maximum atomic E-state index is 5.35. The van der Waals surface area contributed by atoms with Crippen molar-refractivity contribution in [2.45, 2.75) is 45.3 Å². The Hall–Kier alpha value is -1.73. The van der Waals surface area contributed by atoms with Crippen LogP contribution in [0, 0.1) is 6.92 Å². The Labute approximate surface area is 130 Å². The average molecular weight is 305 g/mol. The standard InChI is InChI=1S/C15H23N5O2/c1-12-8-16-20(9-12)10-13-4-3-6-19(13)11-15-17-14(18-22-15)5-7-21-2/h8-9,13H,3-7,10-11H2,1-2H3/t13-/m0/s1. The van der Waals surface area contributed by atoms with Crippen LogP contribution in [0.2, 0.25) is 0 Å². The molecule has 0 amide bonds. The number of hydrogen-bond acceptors (Lipinski definition) is 6. The number of rotatable bonds is 7. The minimum absolute atomic E-state index is 0.480. The summed E-state index contributed by atoms with van der Waals surface area (Å²) in [6.07, 6.45) is 7.07. The van der Waals surface area contributed by atoms with E-state index in [0.717, 1.165) is 18.9 Å². The molecule has 0 radical (unpaired) electrons. The van der Waals surface area contributed by atoms with Crippen LogP contribution < -0.4 is 0 Å². The molecule has 120 valence electrons. The lowest BCUT2D eigenvalue weighted by Crippen LogP contribution is -2.32. The summed E-state index contributed by atoms with van der Waals surface area (Å²) < 4.78 is 12.4. The molecule has 0 spiro atoms. The van der Waals surface area contributed by atoms with Crippen LogP contribution in [-0.2, 0) is 24.2 Å². The fourth-order valence-electron chi connectivity index (χ4n) is 2.92. The molecule has 1 aliphatic heterocycles. The van der Waals surface area contributed by atoms with Gasteiger partial charge in [-0.1, -0.05) is 5.16 Å². The molecule has 3 heterocycles.